The van der Waals surface area contributed by atoms with Crippen molar-refractivity contribution < 1.29 is 23.9 Å². The van der Waals surface area contributed by atoms with E-state index in [2.05, 4.69) is 10.6 Å². The third-order valence-electron chi connectivity index (χ3n) is 5.34. The molecular weight excluding hydrogens is 402 g/mol. The molecule has 10 nitrogen and oxygen atoms in total. The predicted octanol–water partition coefficient (Wildman–Crippen LogP) is 0.116. The standard InChI is InChI=1S/C21H29N5O5/c1-2-31-21(30)25-12-10-24(11-13-25)15-19(28)26-9-8-22-20(29)17(26)14-18(27)23-16-6-4-3-5-7-16/h3-7,17H,2,8-15H2,1H3,(H,22,29)(H,23,27)/t17-/m1/s1. The van der Waals surface area contributed by atoms with Gasteiger partial charge in [0.05, 0.1) is 19.6 Å². The van der Waals surface area contributed by atoms with E-state index in [4.69, 9.17) is 4.74 Å². The molecule has 2 saturated heterocycles. The Hall–Kier alpha value is -3.14. The lowest BCUT2D eigenvalue weighted by atomic mass is 10.1. The van der Waals surface area contributed by atoms with Gasteiger partial charge in [-0.25, -0.2) is 4.79 Å². The molecule has 0 aromatic heterocycles. The van der Waals surface area contributed by atoms with Crippen LogP contribution in [0.3, 0.4) is 0 Å². The second-order valence-corrected chi connectivity index (χ2v) is 7.47. The maximum absolute atomic E-state index is 12.9. The lowest BCUT2D eigenvalue weighted by Crippen LogP contribution is -2.60. The van der Waals surface area contributed by atoms with Gasteiger partial charge in [-0.3, -0.25) is 19.3 Å². The summed E-state index contributed by atoms with van der Waals surface area (Å²) >= 11 is 0. The minimum absolute atomic E-state index is 0.108. The second-order valence-electron chi connectivity index (χ2n) is 7.47. The molecule has 4 amide bonds. The number of amides is 4. The summed E-state index contributed by atoms with van der Waals surface area (Å²) in [5.41, 5.74) is 0.640. The van der Waals surface area contributed by atoms with Gasteiger partial charge in [-0.1, -0.05) is 18.2 Å². The first-order valence-electron chi connectivity index (χ1n) is 10.5. The summed E-state index contributed by atoms with van der Waals surface area (Å²) in [5.74, 6) is -0.846. The first-order valence-corrected chi connectivity index (χ1v) is 10.5. The number of ether oxygens (including phenoxy) is 1. The van der Waals surface area contributed by atoms with Crippen LogP contribution in [0.5, 0.6) is 0 Å². The molecule has 0 bridgehead atoms. The van der Waals surface area contributed by atoms with E-state index >= 15 is 0 Å². The molecule has 0 spiro atoms. The number of piperazine rings is 2. The topological polar surface area (TPSA) is 111 Å². The summed E-state index contributed by atoms with van der Waals surface area (Å²) in [6.07, 6.45) is -0.450. The van der Waals surface area contributed by atoms with Gasteiger partial charge in [-0.2, -0.15) is 0 Å². The minimum atomic E-state index is -0.842. The lowest BCUT2D eigenvalue weighted by molar-refractivity contribution is -0.145. The minimum Gasteiger partial charge on any atom is -0.450 e. The summed E-state index contributed by atoms with van der Waals surface area (Å²) in [6.45, 7) is 5.00. The molecule has 0 radical (unpaired) electrons. The number of carbonyl (C=O) groups is 4. The molecule has 2 heterocycles. The molecule has 0 aliphatic carbocycles. The number of nitrogens with zero attached hydrogens (tertiary/aromatic N) is 3. The van der Waals surface area contributed by atoms with E-state index in [9.17, 15) is 19.2 Å². The molecule has 1 aromatic carbocycles. The monoisotopic (exact) mass is 431 g/mol. The largest absolute Gasteiger partial charge is 0.450 e. The number of rotatable bonds is 6. The molecule has 168 valence electrons. The van der Waals surface area contributed by atoms with E-state index < -0.39 is 6.04 Å². The van der Waals surface area contributed by atoms with Crippen LogP contribution in [0.25, 0.3) is 0 Å². The van der Waals surface area contributed by atoms with Crippen molar-refractivity contribution in [2.24, 2.45) is 0 Å². The summed E-state index contributed by atoms with van der Waals surface area (Å²) < 4.78 is 5.01. The molecule has 0 saturated carbocycles. The average Bonchev–Trinajstić information content (AvgIpc) is 2.76. The molecule has 10 heteroatoms. The van der Waals surface area contributed by atoms with Crippen LogP contribution < -0.4 is 10.6 Å². The van der Waals surface area contributed by atoms with Gasteiger partial charge in [0.2, 0.25) is 17.7 Å². The first kappa shape index (κ1) is 22.5. The Morgan fingerprint density at radius 2 is 1.81 bits per heavy atom. The van der Waals surface area contributed by atoms with E-state index in [1.54, 1.807) is 36.1 Å². The van der Waals surface area contributed by atoms with Gasteiger partial charge in [-0.05, 0) is 19.1 Å². The van der Waals surface area contributed by atoms with Crippen LogP contribution >= 0.6 is 0 Å². The van der Waals surface area contributed by atoms with Crippen molar-refractivity contribution in [1.29, 1.82) is 0 Å². The Morgan fingerprint density at radius 3 is 2.48 bits per heavy atom. The van der Waals surface area contributed by atoms with Crippen molar-refractivity contribution in [1.82, 2.24) is 20.0 Å². The Balaban J connectivity index is 1.54. The van der Waals surface area contributed by atoms with Crippen molar-refractivity contribution in [3.63, 3.8) is 0 Å². The first-order chi connectivity index (χ1) is 15.0. The zero-order chi connectivity index (χ0) is 22.2. The molecule has 2 fully saturated rings. The van der Waals surface area contributed by atoms with E-state index in [1.807, 2.05) is 11.0 Å². The van der Waals surface area contributed by atoms with Crippen LogP contribution in [-0.2, 0) is 19.1 Å². The Labute approximate surface area is 181 Å². The maximum Gasteiger partial charge on any atom is 0.409 e. The number of carbonyl (C=O) groups excluding carboxylic acids is 4. The molecule has 3 rings (SSSR count). The second kappa shape index (κ2) is 10.8. The third-order valence-corrected chi connectivity index (χ3v) is 5.34. The third kappa shape index (κ3) is 6.17. The summed E-state index contributed by atoms with van der Waals surface area (Å²) in [4.78, 5) is 54.7. The highest BCUT2D eigenvalue weighted by Gasteiger charge is 2.35. The summed E-state index contributed by atoms with van der Waals surface area (Å²) in [5, 5.41) is 5.50. The number of nitrogens with one attached hydrogen (secondary N) is 2. The maximum atomic E-state index is 12.9. The van der Waals surface area contributed by atoms with E-state index in [0.717, 1.165) is 0 Å². The Morgan fingerprint density at radius 1 is 1.10 bits per heavy atom. The van der Waals surface area contributed by atoms with E-state index in [0.29, 0.717) is 51.6 Å². The zero-order valence-corrected chi connectivity index (χ0v) is 17.7. The fraction of sp³-hybridized carbons (Fsp3) is 0.524. The fourth-order valence-corrected chi connectivity index (χ4v) is 3.71. The van der Waals surface area contributed by atoms with Crippen LogP contribution in [0.1, 0.15) is 13.3 Å². The number of hydrogen-bond acceptors (Lipinski definition) is 6. The van der Waals surface area contributed by atoms with Crippen molar-refractivity contribution in [3.8, 4) is 0 Å². The molecule has 31 heavy (non-hydrogen) atoms. The highest BCUT2D eigenvalue weighted by molar-refractivity contribution is 5.97. The summed E-state index contributed by atoms with van der Waals surface area (Å²) in [6, 6.07) is 8.14. The van der Waals surface area contributed by atoms with Crippen LogP contribution in [0.15, 0.2) is 30.3 Å². The number of benzene rings is 1. The van der Waals surface area contributed by atoms with Crippen molar-refractivity contribution in [2.45, 2.75) is 19.4 Å². The van der Waals surface area contributed by atoms with Gasteiger partial charge in [-0.15, -0.1) is 0 Å². The molecule has 0 unspecified atom stereocenters. The van der Waals surface area contributed by atoms with Crippen LogP contribution in [-0.4, -0.2) is 97.0 Å². The van der Waals surface area contributed by atoms with Crippen LogP contribution in [0.4, 0.5) is 10.5 Å². The van der Waals surface area contributed by atoms with Crippen LogP contribution in [0, 0.1) is 0 Å². The quantitative estimate of drug-likeness (QED) is 0.662. The van der Waals surface area contributed by atoms with Crippen molar-refractivity contribution >= 4 is 29.5 Å². The smallest absolute Gasteiger partial charge is 0.409 e. The summed E-state index contributed by atoms with van der Waals surface area (Å²) in [7, 11) is 0. The van der Waals surface area contributed by atoms with Gasteiger partial charge in [0.25, 0.3) is 0 Å². The van der Waals surface area contributed by atoms with Gasteiger partial charge in [0, 0.05) is 45.0 Å². The molecular formula is C21H29N5O5. The van der Waals surface area contributed by atoms with Gasteiger partial charge in [0.15, 0.2) is 0 Å². The molecule has 2 aliphatic heterocycles. The van der Waals surface area contributed by atoms with Gasteiger partial charge < -0.3 is 25.2 Å². The van der Waals surface area contributed by atoms with Gasteiger partial charge >= 0.3 is 6.09 Å². The highest BCUT2D eigenvalue weighted by atomic mass is 16.6. The molecule has 1 atom stereocenters. The number of anilines is 1. The normalized spacial score (nSPS) is 19.5. The Bertz CT molecular complexity index is 795. The predicted molar refractivity (Wildman–Crippen MR) is 113 cm³/mol. The molecule has 1 aromatic rings. The zero-order valence-electron chi connectivity index (χ0n) is 17.7. The highest BCUT2D eigenvalue weighted by Crippen LogP contribution is 2.13. The van der Waals surface area contributed by atoms with E-state index in [-0.39, 0.29) is 36.8 Å². The van der Waals surface area contributed by atoms with Gasteiger partial charge in [0.1, 0.15) is 6.04 Å². The Kier molecular flexibility index (Phi) is 7.82. The van der Waals surface area contributed by atoms with Crippen LogP contribution in [0.2, 0.25) is 0 Å². The number of para-hydroxylation sites is 1. The van der Waals surface area contributed by atoms with Crippen molar-refractivity contribution in [3.05, 3.63) is 30.3 Å². The molecule has 2 N–H and O–H groups in total. The van der Waals surface area contributed by atoms with Crippen molar-refractivity contribution in [2.75, 3.05) is 57.7 Å². The molecule has 2 aliphatic rings. The van der Waals surface area contributed by atoms with E-state index in [1.165, 1.54) is 4.90 Å². The fourth-order valence-electron chi connectivity index (χ4n) is 3.71. The average molecular weight is 431 g/mol. The SMILES string of the molecule is CCOC(=O)N1CCN(CC(=O)N2CCNC(=O)[C@H]2CC(=O)Nc2ccccc2)CC1. The number of hydrogen-bond donors (Lipinski definition) is 2. The lowest BCUT2D eigenvalue weighted by Gasteiger charge is -2.38.